The molecule has 0 spiro atoms. The molecule has 1 unspecified atom stereocenters. The minimum absolute atomic E-state index is 0.0851. The molecule has 19 heavy (non-hydrogen) atoms. The van der Waals surface area contributed by atoms with Crippen molar-refractivity contribution in [2.24, 2.45) is 11.7 Å². The van der Waals surface area contributed by atoms with E-state index < -0.39 is 0 Å². The Labute approximate surface area is 114 Å². The van der Waals surface area contributed by atoms with E-state index >= 15 is 0 Å². The van der Waals surface area contributed by atoms with Gasteiger partial charge in [0.15, 0.2) is 0 Å². The number of nitrogens with two attached hydrogens (primary N) is 1. The predicted octanol–water partition coefficient (Wildman–Crippen LogP) is 1.65. The van der Waals surface area contributed by atoms with Crippen LogP contribution >= 0.6 is 0 Å². The largest absolute Gasteiger partial charge is 0.508 e. The zero-order valence-electron chi connectivity index (χ0n) is 11.6. The van der Waals surface area contributed by atoms with Crippen molar-refractivity contribution < 1.29 is 9.90 Å². The Morgan fingerprint density at radius 1 is 1.42 bits per heavy atom. The van der Waals surface area contributed by atoms with Crippen molar-refractivity contribution in [2.45, 2.75) is 39.3 Å². The second-order valence-electron chi connectivity index (χ2n) is 5.63. The smallest absolute Gasteiger partial charge is 0.224 e. The van der Waals surface area contributed by atoms with Crippen molar-refractivity contribution in [2.75, 3.05) is 6.54 Å². The Balaban J connectivity index is 2.03. The summed E-state index contributed by atoms with van der Waals surface area (Å²) >= 11 is 0. The number of aromatic hydroxyl groups is 1. The predicted molar refractivity (Wildman–Crippen MR) is 74.7 cm³/mol. The highest BCUT2D eigenvalue weighted by Crippen LogP contribution is 2.23. The van der Waals surface area contributed by atoms with Gasteiger partial charge in [-0.15, -0.1) is 0 Å². The topological polar surface area (TPSA) is 66.6 Å². The first kappa shape index (κ1) is 13.9. The van der Waals surface area contributed by atoms with Crippen LogP contribution in [0.25, 0.3) is 0 Å². The lowest BCUT2D eigenvalue weighted by Crippen LogP contribution is -2.40. The highest BCUT2D eigenvalue weighted by Gasteiger charge is 2.23. The van der Waals surface area contributed by atoms with Gasteiger partial charge in [0.1, 0.15) is 5.75 Å². The molecule has 0 saturated heterocycles. The lowest BCUT2D eigenvalue weighted by atomic mass is 9.97. The zero-order chi connectivity index (χ0) is 14.0. The minimum atomic E-state index is -0.0851. The van der Waals surface area contributed by atoms with Gasteiger partial charge in [0, 0.05) is 25.6 Å². The molecule has 1 heterocycles. The van der Waals surface area contributed by atoms with Gasteiger partial charge < -0.3 is 15.7 Å². The Hall–Kier alpha value is -1.55. The summed E-state index contributed by atoms with van der Waals surface area (Å²) in [5.74, 6) is 0.673. The van der Waals surface area contributed by atoms with Crippen molar-refractivity contribution in [3.8, 4) is 5.75 Å². The second kappa shape index (κ2) is 5.61. The number of benzene rings is 1. The molecule has 1 amide bonds. The molecule has 1 aromatic rings. The summed E-state index contributed by atoms with van der Waals surface area (Å²) < 4.78 is 0. The molecular formula is C15H22N2O2. The number of hydrogen-bond acceptors (Lipinski definition) is 3. The zero-order valence-corrected chi connectivity index (χ0v) is 11.6. The molecule has 104 valence electrons. The van der Waals surface area contributed by atoms with Crippen LogP contribution in [0.4, 0.5) is 0 Å². The van der Waals surface area contributed by atoms with Crippen LogP contribution in [0.2, 0.25) is 0 Å². The summed E-state index contributed by atoms with van der Waals surface area (Å²) in [6.45, 7) is 5.37. The van der Waals surface area contributed by atoms with Crippen molar-refractivity contribution in [1.29, 1.82) is 0 Å². The fourth-order valence-corrected chi connectivity index (χ4v) is 2.32. The Kier molecular flexibility index (Phi) is 4.10. The minimum Gasteiger partial charge on any atom is -0.508 e. The molecule has 1 aliphatic rings. The van der Waals surface area contributed by atoms with Crippen LogP contribution in [0, 0.1) is 5.92 Å². The van der Waals surface area contributed by atoms with Gasteiger partial charge in [-0.2, -0.15) is 0 Å². The van der Waals surface area contributed by atoms with Crippen LogP contribution in [0.5, 0.6) is 5.75 Å². The van der Waals surface area contributed by atoms with E-state index in [4.69, 9.17) is 5.73 Å². The van der Waals surface area contributed by atoms with Crippen molar-refractivity contribution in [3.63, 3.8) is 0 Å². The number of carbonyl (C=O) groups is 1. The third-order valence-corrected chi connectivity index (χ3v) is 3.82. The number of nitrogens with zero attached hydrogens (tertiary/aromatic N) is 1. The first-order valence-corrected chi connectivity index (χ1v) is 6.81. The summed E-state index contributed by atoms with van der Waals surface area (Å²) in [6.07, 6.45) is 1.24. The van der Waals surface area contributed by atoms with E-state index in [9.17, 15) is 9.90 Å². The third-order valence-electron chi connectivity index (χ3n) is 3.82. The first-order valence-electron chi connectivity index (χ1n) is 6.81. The lowest BCUT2D eigenvalue weighted by Gasteiger charge is -2.30. The standard InChI is InChI=1S/C15H22N2O2/c1-10(2)14(16)8-15(19)17-6-5-11-3-4-13(18)7-12(11)9-17/h3-4,7,10,14,18H,5-6,8-9,16H2,1-2H3. The van der Waals surface area contributed by atoms with Crippen LogP contribution in [-0.2, 0) is 17.8 Å². The maximum absolute atomic E-state index is 12.2. The van der Waals surface area contributed by atoms with Crippen molar-refractivity contribution >= 4 is 5.91 Å². The molecule has 1 aliphatic heterocycles. The molecule has 0 aromatic heterocycles. The van der Waals surface area contributed by atoms with Gasteiger partial charge >= 0.3 is 0 Å². The van der Waals surface area contributed by atoms with Gasteiger partial charge in [0.25, 0.3) is 0 Å². The average Bonchev–Trinajstić information content (AvgIpc) is 2.37. The number of phenols is 1. The van der Waals surface area contributed by atoms with Crippen molar-refractivity contribution in [3.05, 3.63) is 29.3 Å². The Bertz CT molecular complexity index is 471. The number of fused-ring (bicyclic) bond motifs is 1. The fourth-order valence-electron chi connectivity index (χ4n) is 2.32. The van der Waals surface area contributed by atoms with E-state index in [0.717, 1.165) is 18.5 Å². The van der Waals surface area contributed by atoms with Crippen LogP contribution < -0.4 is 5.73 Å². The normalized spacial score (nSPS) is 16.3. The van der Waals surface area contributed by atoms with Crippen LogP contribution in [-0.4, -0.2) is 28.5 Å². The molecule has 1 atom stereocenters. The van der Waals surface area contributed by atoms with E-state index in [1.807, 2.05) is 24.8 Å². The quantitative estimate of drug-likeness (QED) is 0.870. The number of carbonyl (C=O) groups excluding carboxylic acids is 1. The summed E-state index contributed by atoms with van der Waals surface area (Å²) in [6, 6.07) is 5.30. The van der Waals surface area contributed by atoms with E-state index in [0.29, 0.717) is 18.9 Å². The maximum atomic E-state index is 12.2. The van der Waals surface area contributed by atoms with Gasteiger partial charge in [-0.05, 0) is 35.6 Å². The monoisotopic (exact) mass is 262 g/mol. The third kappa shape index (κ3) is 3.26. The highest BCUT2D eigenvalue weighted by molar-refractivity contribution is 5.77. The van der Waals surface area contributed by atoms with Crippen LogP contribution in [0.15, 0.2) is 18.2 Å². The molecule has 3 N–H and O–H groups in total. The summed E-state index contributed by atoms with van der Waals surface area (Å²) in [5.41, 5.74) is 8.21. The van der Waals surface area contributed by atoms with E-state index in [2.05, 4.69) is 0 Å². The molecular weight excluding hydrogens is 240 g/mol. The van der Waals surface area contributed by atoms with E-state index in [-0.39, 0.29) is 17.7 Å². The molecule has 2 rings (SSSR count). The number of phenolic OH excluding ortho intramolecular Hbond substituents is 1. The maximum Gasteiger partial charge on any atom is 0.224 e. The van der Waals surface area contributed by atoms with Crippen molar-refractivity contribution in [1.82, 2.24) is 4.90 Å². The molecule has 0 radical (unpaired) electrons. The van der Waals surface area contributed by atoms with Crippen LogP contribution in [0.1, 0.15) is 31.4 Å². The van der Waals surface area contributed by atoms with Gasteiger partial charge in [-0.25, -0.2) is 0 Å². The first-order chi connectivity index (χ1) is 8.97. The SMILES string of the molecule is CC(C)C(N)CC(=O)N1CCc2ccc(O)cc2C1. The van der Waals surface area contributed by atoms with Gasteiger partial charge in [0.05, 0.1) is 0 Å². The molecule has 0 saturated carbocycles. The average molecular weight is 262 g/mol. The fraction of sp³-hybridized carbons (Fsp3) is 0.533. The van der Waals surface area contributed by atoms with E-state index in [1.54, 1.807) is 12.1 Å². The van der Waals surface area contributed by atoms with Crippen LogP contribution in [0.3, 0.4) is 0 Å². The summed E-state index contributed by atoms with van der Waals surface area (Å²) in [5, 5.41) is 9.51. The number of rotatable bonds is 3. The molecule has 0 bridgehead atoms. The molecule has 0 aliphatic carbocycles. The van der Waals surface area contributed by atoms with Gasteiger partial charge in [-0.1, -0.05) is 19.9 Å². The highest BCUT2D eigenvalue weighted by atomic mass is 16.3. The van der Waals surface area contributed by atoms with E-state index in [1.165, 1.54) is 5.56 Å². The van der Waals surface area contributed by atoms with Gasteiger partial charge in [-0.3, -0.25) is 4.79 Å². The molecule has 0 fully saturated rings. The second-order valence-corrected chi connectivity index (χ2v) is 5.63. The Morgan fingerprint density at radius 3 is 2.84 bits per heavy atom. The lowest BCUT2D eigenvalue weighted by molar-refractivity contribution is -0.132. The number of amides is 1. The summed E-state index contributed by atoms with van der Waals surface area (Å²) in [7, 11) is 0. The molecule has 4 heteroatoms. The number of hydrogen-bond donors (Lipinski definition) is 2. The molecule has 1 aromatic carbocycles. The Morgan fingerprint density at radius 2 is 2.16 bits per heavy atom. The molecule has 4 nitrogen and oxygen atoms in total. The van der Waals surface area contributed by atoms with Gasteiger partial charge in [0.2, 0.25) is 5.91 Å². The summed E-state index contributed by atoms with van der Waals surface area (Å²) in [4.78, 5) is 14.0.